The van der Waals surface area contributed by atoms with Gasteiger partial charge in [-0.1, -0.05) is 49.9 Å². The number of alkyl halides is 1. The number of amides is 1. The molecule has 1 aromatic heterocycles. The number of nitrogens with one attached hydrogen (secondary N) is 1. The van der Waals surface area contributed by atoms with Gasteiger partial charge >= 0.3 is 0 Å². The first-order valence-corrected chi connectivity index (χ1v) is 13.4. The van der Waals surface area contributed by atoms with E-state index in [2.05, 4.69) is 20.2 Å². The first-order valence-electron chi connectivity index (χ1n) is 13.0. The molecule has 2 fully saturated rings. The third-order valence-electron chi connectivity index (χ3n) is 7.92. The van der Waals surface area contributed by atoms with Crippen molar-refractivity contribution in [1.29, 1.82) is 0 Å². The highest BCUT2D eigenvalue weighted by Crippen LogP contribution is 2.44. The number of fused-ring (bicyclic) bond motifs is 1. The van der Waals surface area contributed by atoms with E-state index in [4.69, 9.17) is 11.6 Å². The molecule has 3 atom stereocenters. The highest BCUT2D eigenvalue weighted by molar-refractivity contribution is 6.30. The highest BCUT2D eigenvalue weighted by Gasteiger charge is 2.36. The maximum atomic E-state index is 14.4. The number of hydrogen-bond acceptors (Lipinski definition) is 5. The van der Waals surface area contributed by atoms with Gasteiger partial charge in [-0.05, 0) is 42.9 Å². The third-order valence-corrected chi connectivity index (χ3v) is 8.17. The van der Waals surface area contributed by atoms with Gasteiger partial charge in [-0.2, -0.15) is 0 Å². The molecule has 0 bridgehead atoms. The summed E-state index contributed by atoms with van der Waals surface area (Å²) in [6.45, 7) is 5.29. The minimum atomic E-state index is -1.01. The van der Waals surface area contributed by atoms with Crippen molar-refractivity contribution in [3.05, 3.63) is 52.4 Å². The Morgan fingerprint density at radius 1 is 1.11 bits per heavy atom. The number of carbonyl (C=O) groups is 1. The van der Waals surface area contributed by atoms with Gasteiger partial charge in [0.1, 0.15) is 18.3 Å². The summed E-state index contributed by atoms with van der Waals surface area (Å²) in [6, 6.07) is 8.17. The molecule has 2 aromatic rings. The normalized spacial score (nSPS) is 23.9. The van der Waals surface area contributed by atoms with Crippen LogP contribution in [-0.4, -0.2) is 59.5 Å². The van der Waals surface area contributed by atoms with Crippen molar-refractivity contribution in [3.8, 4) is 0 Å². The number of anilines is 1. The molecule has 0 radical (unpaired) electrons. The molecule has 35 heavy (non-hydrogen) atoms. The molecule has 5 rings (SSSR count). The summed E-state index contributed by atoms with van der Waals surface area (Å²) in [5, 5.41) is 4.36. The van der Waals surface area contributed by atoms with Crippen molar-refractivity contribution in [2.24, 2.45) is 0 Å². The van der Waals surface area contributed by atoms with E-state index in [0.29, 0.717) is 55.9 Å². The van der Waals surface area contributed by atoms with Crippen LogP contribution in [0.15, 0.2) is 30.6 Å². The van der Waals surface area contributed by atoms with Gasteiger partial charge in [0.2, 0.25) is 5.91 Å². The van der Waals surface area contributed by atoms with Crippen LogP contribution in [0.4, 0.5) is 10.2 Å². The third kappa shape index (κ3) is 5.31. The van der Waals surface area contributed by atoms with Gasteiger partial charge in [0.25, 0.3) is 0 Å². The van der Waals surface area contributed by atoms with Crippen LogP contribution >= 0.6 is 11.6 Å². The minimum absolute atomic E-state index is 0.107. The summed E-state index contributed by atoms with van der Waals surface area (Å²) >= 11 is 6.13. The fraction of sp³-hybridized carbons (Fsp3) is 0.593. The van der Waals surface area contributed by atoms with E-state index in [-0.39, 0.29) is 17.7 Å². The molecule has 0 unspecified atom stereocenters. The fourth-order valence-electron chi connectivity index (χ4n) is 5.91. The Morgan fingerprint density at radius 3 is 2.54 bits per heavy atom. The number of benzene rings is 1. The number of piperazine rings is 1. The highest BCUT2D eigenvalue weighted by atomic mass is 35.5. The molecule has 0 spiro atoms. The lowest BCUT2D eigenvalue weighted by Gasteiger charge is -2.38. The van der Waals surface area contributed by atoms with Crippen LogP contribution in [0.1, 0.15) is 80.3 Å². The van der Waals surface area contributed by atoms with Crippen LogP contribution in [-0.2, 0) is 4.79 Å². The Balaban J connectivity index is 1.27. The smallest absolute Gasteiger partial charge is 0.231 e. The second-order valence-corrected chi connectivity index (χ2v) is 10.7. The molecule has 2 heterocycles. The summed E-state index contributed by atoms with van der Waals surface area (Å²) in [6.07, 6.45) is 7.12. The predicted molar refractivity (Wildman–Crippen MR) is 137 cm³/mol. The summed E-state index contributed by atoms with van der Waals surface area (Å²) in [7, 11) is 0. The number of halogens is 2. The topological polar surface area (TPSA) is 61.4 Å². The Hall–Kier alpha value is -2.25. The zero-order valence-electron chi connectivity index (χ0n) is 20.4. The van der Waals surface area contributed by atoms with E-state index in [1.807, 2.05) is 36.1 Å². The summed E-state index contributed by atoms with van der Waals surface area (Å²) in [5.74, 6) is 0.857. The number of aromatic nitrogens is 2. The van der Waals surface area contributed by atoms with Gasteiger partial charge in [0, 0.05) is 49.4 Å². The molecule has 8 heteroatoms. The van der Waals surface area contributed by atoms with E-state index in [1.165, 1.54) is 38.4 Å². The van der Waals surface area contributed by atoms with Crippen LogP contribution in [0.3, 0.4) is 0 Å². The largest absolute Gasteiger partial charge is 0.353 e. The predicted octanol–water partition coefficient (Wildman–Crippen LogP) is 5.00. The van der Waals surface area contributed by atoms with Crippen LogP contribution in [0.25, 0.3) is 0 Å². The quantitative estimate of drug-likeness (QED) is 0.606. The molecule has 6 nitrogen and oxygen atoms in total. The van der Waals surface area contributed by atoms with Crippen molar-refractivity contribution in [2.45, 2.75) is 69.5 Å². The molecule has 1 amide bonds. The maximum Gasteiger partial charge on any atom is 0.231 e. The molecule has 2 aliphatic carbocycles. The first kappa shape index (κ1) is 24.4. The maximum absolute atomic E-state index is 14.4. The fourth-order valence-corrected chi connectivity index (χ4v) is 6.03. The van der Waals surface area contributed by atoms with Crippen LogP contribution in [0.2, 0.25) is 5.02 Å². The van der Waals surface area contributed by atoms with E-state index in [1.54, 1.807) is 0 Å². The zero-order chi connectivity index (χ0) is 24.4. The molecular formula is C27H35ClFN5O. The van der Waals surface area contributed by atoms with Gasteiger partial charge in [0.05, 0.1) is 11.6 Å². The summed E-state index contributed by atoms with van der Waals surface area (Å²) < 4.78 is 14.4. The molecule has 1 N–H and O–H groups in total. The van der Waals surface area contributed by atoms with Gasteiger partial charge in [-0.25, -0.2) is 14.4 Å². The van der Waals surface area contributed by atoms with Crippen molar-refractivity contribution in [3.63, 3.8) is 0 Å². The molecule has 1 saturated carbocycles. The van der Waals surface area contributed by atoms with Crippen molar-refractivity contribution >= 4 is 23.3 Å². The monoisotopic (exact) mass is 499 g/mol. The second-order valence-electron chi connectivity index (χ2n) is 10.3. The number of nitrogens with zero attached hydrogens (tertiary/aromatic N) is 4. The molecule has 1 saturated heterocycles. The second kappa shape index (κ2) is 10.8. The van der Waals surface area contributed by atoms with E-state index in [9.17, 15) is 9.18 Å². The molecule has 1 aliphatic heterocycles. The Kier molecular flexibility index (Phi) is 7.54. The number of carbonyl (C=O) groups excluding carboxylic acids is 1. The van der Waals surface area contributed by atoms with Crippen molar-refractivity contribution in [1.82, 2.24) is 20.2 Å². The standard InChI is InChI=1S/C27H35ClFN5O/c1-18-15-23(29)25-24(18)26(32-17-31-25)33-11-13-34(14-12-33)27(35)22(19-7-9-20(28)10-8-19)16-30-21-5-3-2-4-6-21/h7-10,17-18,21-23,30H,2-6,11-16H2,1H3/t18-,22-,23+/m1/s1. The molecule has 1 aromatic carbocycles. The lowest BCUT2D eigenvalue weighted by Crippen LogP contribution is -2.51. The van der Waals surface area contributed by atoms with Crippen LogP contribution in [0, 0.1) is 0 Å². The molecule has 188 valence electrons. The van der Waals surface area contributed by atoms with E-state index >= 15 is 0 Å². The van der Waals surface area contributed by atoms with Gasteiger partial charge in [0.15, 0.2) is 0 Å². The number of hydrogen-bond donors (Lipinski definition) is 1. The number of rotatable bonds is 6. The molecular weight excluding hydrogens is 465 g/mol. The Labute approximate surface area is 212 Å². The van der Waals surface area contributed by atoms with Gasteiger partial charge in [-0.3, -0.25) is 4.79 Å². The Morgan fingerprint density at radius 2 is 1.83 bits per heavy atom. The average molecular weight is 500 g/mol. The van der Waals surface area contributed by atoms with E-state index < -0.39 is 6.17 Å². The lowest BCUT2D eigenvalue weighted by atomic mass is 9.93. The average Bonchev–Trinajstić information content (AvgIpc) is 3.19. The summed E-state index contributed by atoms with van der Waals surface area (Å²) in [4.78, 5) is 26.6. The van der Waals surface area contributed by atoms with Gasteiger partial charge < -0.3 is 15.1 Å². The van der Waals surface area contributed by atoms with Crippen molar-refractivity contribution < 1.29 is 9.18 Å². The van der Waals surface area contributed by atoms with Gasteiger partial charge in [-0.15, -0.1) is 0 Å². The molecule has 3 aliphatic rings. The van der Waals surface area contributed by atoms with Crippen molar-refractivity contribution in [2.75, 3.05) is 37.6 Å². The van der Waals surface area contributed by atoms with Crippen LogP contribution in [0.5, 0.6) is 0 Å². The first-order chi connectivity index (χ1) is 17.0. The Bertz CT molecular complexity index is 1020. The lowest BCUT2D eigenvalue weighted by molar-refractivity contribution is -0.133. The SMILES string of the molecule is C[C@@H]1C[C@H](F)c2ncnc(N3CCN(C(=O)[C@H](CNC4CCCCC4)c4ccc(Cl)cc4)CC3)c21. The minimum Gasteiger partial charge on any atom is -0.353 e. The van der Waals surface area contributed by atoms with Crippen LogP contribution < -0.4 is 10.2 Å². The summed E-state index contributed by atoms with van der Waals surface area (Å²) in [5.41, 5.74) is 2.48. The van der Waals surface area contributed by atoms with E-state index in [0.717, 1.165) is 16.9 Å². The zero-order valence-corrected chi connectivity index (χ0v) is 21.2.